The predicted octanol–water partition coefficient (Wildman–Crippen LogP) is 4.86. The number of aryl methyl sites for hydroxylation is 1. The molecule has 1 N–H and O–H groups in total. The van der Waals surface area contributed by atoms with E-state index >= 15 is 0 Å². The highest BCUT2D eigenvalue weighted by Gasteiger charge is 2.37. The van der Waals surface area contributed by atoms with Gasteiger partial charge in [0, 0.05) is 18.3 Å². The highest BCUT2D eigenvalue weighted by molar-refractivity contribution is 5.98. The number of carbonyl (C=O) groups excluding carboxylic acids is 2. The molecule has 9 heteroatoms. The number of fused-ring (bicyclic) bond motifs is 2. The van der Waals surface area contributed by atoms with Gasteiger partial charge in [-0.3, -0.25) is 9.59 Å². The number of anilines is 1. The lowest BCUT2D eigenvalue weighted by atomic mass is 9.85. The maximum atomic E-state index is 14.2. The summed E-state index contributed by atoms with van der Waals surface area (Å²) in [5.74, 6) is 0.757. The minimum absolute atomic E-state index is 0.0250. The van der Waals surface area contributed by atoms with Gasteiger partial charge >= 0.3 is 0 Å². The van der Waals surface area contributed by atoms with E-state index in [2.05, 4.69) is 27.8 Å². The maximum Gasteiger partial charge on any atom is 0.247 e. The van der Waals surface area contributed by atoms with Gasteiger partial charge in [0.1, 0.15) is 18.1 Å². The van der Waals surface area contributed by atoms with E-state index in [0.29, 0.717) is 30.2 Å². The quantitative estimate of drug-likeness (QED) is 0.322. The second-order valence-corrected chi connectivity index (χ2v) is 10.2. The van der Waals surface area contributed by atoms with Crippen molar-refractivity contribution >= 4 is 28.5 Å². The molecule has 2 heterocycles. The summed E-state index contributed by atoms with van der Waals surface area (Å²) in [4.78, 5) is 30.0. The first kappa shape index (κ1) is 25.6. The Morgan fingerprint density at radius 3 is 2.73 bits per heavy atom. The molecule has 6 rings (SSSR count). The standard InChI is InChI=1S/C31H31N5O4/c1-21-9-5-6-12-23(21)18-35(29(37)19-36-26-14-8-7-13-25(26)33-34-36)30(22-10-3-2-4-11-22)31(38)32-24-15-16-27-28(17-24)40-20-39-27/h2-3,5-9,12-17,22,30H,4,10-11,18-20H2,1H3,(H,32,38). The normalized spacial score (nSPS) is 16.6. The van der Waals surface area contributed by atoms with Gasteiger partial charge in [0.2, 0.25) is 18.6 Å². The Morgan fingerprint density at radius 1 is 1.05 bits per heavy atom. The van der Waals surface area contributed by atoms with Crippen molar-refractivity contribution in [2.75, 3.05) is 12.1 Å². The van der Waals surface area contributed by atoms with Crippen molar-refractivity contribution in [2.24, 2.45) is 5.92 Å². The summed E-state index contributed by atoms with van der Waals surface area (Å²) in [6, 6.07) is 20.1. The molecule has 2 aliphatic rings. The topological polar surface area (TPSA) is 98.6 Å². The van der Waals surface area contributed by atoms with Gasteiger partial charge < -0.3 is 19.7 Å². The molecule has 0 bridgehead atoms. The van der Waals surface area contributed by atoms with Crippen molar-refractivity contribution in [3.63, 3.8) is 0 Å². The van der Waals surface area contributed by atoms with Crippen LogP contribution in [0.5, 0.6) is 11.5 Å². The van der Waals surface area contributed by atoms with Gasteiger partial charge in [-0.15, -0.1) is 5.10 Å². The highest BCUT2D eigenvalue weighted by Crippen LogP contribution is 2.35. The Morgan fingerprint density at radius 2 is 1.88 bits per heavy atom. The van der Waals surface area contributed by atoms with Gasteiger partial charge in [-0.1, -0.05) is 53.8 Å². The highest BCUT2D eigenvalue weighted by atomic mass is 16.7. The third-order valence-corrected chi connectivity index (χ3v) is 7.63. The first-order valence-corrected chi connectivity index (χ1v) is 13.5. The molecule has 1 aromatic heterocycles. The summed E-state index contributed by atoms with van der Waals surface area (Å²) in [5.41, 5.74) is 4.14. The molecular weight excluding hydrogens is 506 g/mol. The number of hydrogen-bond acceptors (Lipinski definition) is 6. The second kappa shape index (κ2) is 11.2. The molecule has 0 fully saturated rings. The van der Waals surface area contributed by atoms with Crippen LogP contribution in [-0.2, 0) is 22.7 Å². The summed E-state index contributed by atoms with van der Waals surface area (Å²) >= 11 is 0. The van der Waals surface area contributed by atoms with Gasteiger partial charge in [0.15, 0.2) is 11.5 Å². The van der Waals surface area contributed by atoms with Crippen LogP contribution in [0.2, 0.25) is 0 Å². The minimum atomic E-state index is -0.697. The molecule has 204 valence electrons. The first-order chi connectivity index (χ1) is 19.6. The van der Waals surface area contributed by atoms with Gasteiger partial charge in [-0.2, -0.15) is 0 Å². The SMILES string of the molecule is Cc1ccccc1CN(C(=O)Cn1nnc2ccccc21)C(C(=O)Nc1ccc2c(c1)OCO2)C1CC=CCC1. The number of benzene rings is 3. The number of amides is 2. The van der Waals surface area contributed by atoms with E-state index in [1.807, 2.05) is 55.5 Å². The minimum Gasteiger partial charge on any atom is -0.454 e. The third-order valence-electron chi connectivity index (χ3n) is 7.63. The van der Waals surface area contributed by atoms with E-state index in [4.69, 9.17) is 9.47 Å². The zero-order valence-corrected chi connectivity index (χ0v) is 22.3. The Balaban J connectivity index is 1.35. The molecule has 2 atom stereocenters. The zero-order chi connectivity index (χ0) is 27.5. The number of nitrogens with one attached hydrogen (secondary N) is 1. The lowest BCUT2D eigenvalue weighted by Gasteiger charge is -2.37. The molecule has 40 heavy (non-hydrogen) atoms. The third kappa shape index (κ3) is 5.27. The van der Waals surface area contributed by atoms with E-state index in [1.54, 1.807) is 27.8 Å². The van der Waals surface area contributed by atoms with Gasteiger partial charge in [-0.05, 0) is 67.5 Å². The van der Waals surface area contributed by atoms with Crippen molar-refractivity contribution in [3.8, 4) is 11.5 Å². The van der Waals surface area contributed by atoms with Crippen molar-refractivity contribution in [2.45, 2.75) is 45.3 Å². The Labute approximate surface area is 232 Å². The summed E-state index contributed by atoms with van der Waals surface area (Å²) < 4.78 is 12.5. The molecule has 0 saturated carbocycles. The van der Waals surface area contributed by atoms with E-state index in [0.717, 1.165) is 35.0 Å². The van der Waals surface area contributed by atoms with Crippen LogP contribution in [0.1, 0.15) is 30.4 Å². The smallest absolute Gasteiger partial charge is 0.247 e. The molecule has 1 aliphatic heterocycles. The van der Waals surface area contributed by atoms with Crippen LogP contribution in [0.25, 0.3) is 11.0 Å². The van der Waals surface area contributed by atoms with Crippen LogP contribution >= 0.6 is 0 Å². The lowest BCUT2D eigenvalue weighted by molar-refractivity contribution is -0.142. The van der Waals surface area contributed by atoms with E-state index in [1.165, 1.54) is 0 Å². The molecule has 0 saturated heterocycles. The number of carbonyl (C=O) groups is 2. The average molecular weight is 538 g/mol. The molecular formula is C31H31N5O4. The van der Waals surface area contributed by atoms with Crippen molar-refractivity contribution in [1.29, 1.82) is 0 Å². The number of allylic oxidation sites excluding steroid dienone is 2. The van der Waals surface area contributed by atoms with Crippen molar-refractivity contribution < 1.29 is 19.1 Å². The van der Waals surface area contributed by atoms with Crippen LogP contribution < -0.4 is 14.8 Å². The van der Waals surface area contributed by atoms with Crippen LogP contribution in [-0.4, -0.2) is 44.5 Å². The Kier molecular flexibility index (Phi) is 7.18. The number of rotatable bonds is 8. The van der Waals surface area contributed by atoms with E-state index in [-0.39, 0.29) is 31.1 Å². The lowest BCUT2D eigenvalue weighted by Crippen LogP contribution is -2.52. The molecule has 2 amide bonds. The van der Waals surface area contributed by atoms with Crippen LogP contribution in [0.4, 0.5) is 5.69 Å². The molecule has 0 spiro atoms. The number of hydrogen-bond donors (Lipinski definition) is 1. The number of ether oxygens (including phenoxy) is 2. The van der Waals surface area contributed by atoms with Crippen LogP contribution in [0.3, 0.4) is 0 Å². The molecule has 4 aromatic rings. The van der Waals surface area contributed by atoms with E-state index in [9.17, 15) is 9.59 Å². The van der Waals surface area contributed by atoms with Crippen molar-refractivity contribution in [1.82, 2.24) is 19.9 Å². The first-order valence-electron chi connectivity index (χ1n) is 13.5. The largest absolute Gasteiger partial charge is 0.454 e. The molecule has 1 aliphatic carbocycles. The Hall–Kier alpha value is -4.66. The van der Waals surface area contributed by atoms with Crippen molar-refractivity contribution in [3.05, 3.63) is 90.0 Å². The van der Waals surface area contributed by atoms with Crippen LogP contribution in [0.15, 0.2) is 78.9 Å². The van der Waals surface area contributed by atoms with E-state index < -0.39 is 6.04 Å². The number of aromatic nitrogens is 3. The van der Waals surface area contributed by atoms with Gasteiger partial charge in [-0.25, -0.2) is 4.68 Å². The zero-order valence-electron chi connectivity index (χ0n) is 22.3. The average Bonchev–Trinajstić information content (AvgIpc) is 3.61. The molecule has 2 unspecified atom stereocenters. The fourth-order valence-electron chi connectivity index (χ4n) is 5.47. The number of nitrogens with zero attached hydrogens (tertiary/aromatic N) is 4. The fraction of sp³-hybridized carbons (Fsp3) is 0.290. The summed E-state index contributed by atoms with van der Waals surface area (Å²) in [6.45, 7) is 2.45. The fourth-order valence-corrected chi connectivity index (χ4v) is 5.47. The summed E-state index contributed by atoms with van der Waals surface area (Å²) in [5, 5.41) is 11.5. The van der Waals surface area contributed by atoms with Gasteiger partial charge in [0.25, 0.3) is 0 Å². The molecule has 9 nitrogen and oxygen atoms in total. The maximum absolute atomic E-state index is 14.2. The molecule has 3 aromatic carbocycles. The summed E-state index contributed by atoms with van der Waals surface area (Å²) in [7, 11) is 0. The summed E-state index contributed by atoms with van der Waals surface area (Å²) in [6.07, 6.45) is 6.62. The number of para-hydroxylation sites is 1. The monoisotopic (exact) mass is 537 g/mol. The Bertz CT molecular complexity index is 1580. The van der Waals surface area contributed by atoms with Crippen LogP contribution in [0, 0.1) is 12.8 Å². The predicted molar refractivity (Wildman–Crippen MR) is 151 cm³/mol. The van der Waals surface area contributed by atoms with Gasteiger partial charge in [0.05, 0.1) is 5.52 Å². The second-order valence-electron chi connectivity index (χ2n) is 10.2. The molecule has 0 radical (unpaired) electrons.